The first-order valence-corrected chi connectivity index (χ1v) is 14.2. The lowest BCUT2D eigenvalue weighted by Crippen LogP contribution is -2.60. The average molecular weight is 577 g/mol. The summed E-state index contributed by atoms with van der Waals surface area (Å²) in [5.74, 6) is -2.82. The second kappa shape index (κ2) is 10.4. The molecule has 13 nitrogen and oxygen atoms in total. The van der Waals surface area contributed by atoms with Gasteiger partial charge >= 0.3 is 0 Å². The Morgan fingerprint density at radius 1 is 0.900 bits per heavy atom. The molecule has 216 valence electrons. The van der Waals surface area contributed by atoms with Crippen molar-refractivity contribution < 1.29 is 41.7 Å². The summed E-state index contributed by atoms with van der Waals surface area (Å²) in [6.45, 7) is 8.46. The van der Waals surface area contributed by atoms with Crippen LogP contribution in [0.15, 0.2) is 53.6 Å². The number of amides is 2. The molecule has 3 fully saturated rings. The van der Waals surface area contributed by atoms with Crippen LogP contribution in [-0.2, 0) is 43.3 Å². The summed E-state index contributed by atoms with van der Waals surface area (Å²) >= 11 is 0. The number of carbonyl (C=O) groups excluding carboxylic acids is 2. The van der Waals surface area contributed by atoms with Gasteiger partial charge in [0, 0.05) is 11.9 Å². The number of nitrogens with zero attached hydrogens (tertiary/aromatic N) is 1. The van der Waals surface area contributed by atoms with Crippen LogP contribution in [0.2, 0.25) is 0 Å². The molecule has 0 aliphatic carbocycles. The monoisotopic (exact) mass is 576 g/mol. The number of anilines is 2. The van der Waals surface area contributed by atoms with E-state index in [-0.39, 0.29) is 10.7 Å². The van der Waals surface area contributed by atoms with Gasteiger partial charge in [-0.25, -0.2) is 13.4 Å². The topological polar surface area (TPSA) is 163 Å². The maximum Gasteiger partial charge on any atom is 0.263 e. The van der Waals surface area contributed by atoms with Crippen molar-refractivity contribution >= 4 is 33.3 Å². The van der Waals surface area contributed by atoms with E-state index < -0.39 is 70.2 Å². The van der Waals surface area contributed by atoms with Crippen LogP contribution in [0.25, 0.3) is 0 Å². The van der Waals surface area contributed by atoms with Gasteiger partial charge in [-0.2, -0.15) is 0 Å². The molecule has 2 aromatic rings. The SMILES string of the molecule is C[C@H](NC(=O)[C@H]1O[C@H]2OC(C)(C)O[C@@H]2[C@H]2OC(C)(C)O[C@@H]21)C(=O)Nc1ccc(S(=O)(=O)Nc2ccccn2)cc1. The van der Waals surface area contributed by atoms with Crippen molar-refractivity contribution in [1.29, 1.82) is 0 Å². The molecule has 14 heteroatoms. The standard InChI is InChI=1S/C26H32N4O9S/c1-14(22(31)29-15-9-11-16(12-10-15)40(33,34)30-17-8-6-7-13-27-17)28-23(32)20-18-19(37-25(2,3)36-18)21-24(35-20)39-26(4,5)38-21/h6-14,18-21,24H,1-5H3,(H,27,30)(H,28,32)(H,29,31)/t14-,18-,19-,20-,21+,24-/m0/s1. The van der Waals surface area contributed by atoms with Gasteiger partial charge in [0.1, 0.15) is 30.2 Å². The quantitative estimate of drug-likeness (QED) is 0.442. The van der Waals surface area contributed by atoms with E-state index in [4.69, 9.17) is 23.7 Å². The number of carbonyl (C=O) groups is 2. The molecule has 0 spiro atoms. The zero-order chi connectivity index (χ0) is 28.9. The van der Waals surface area contributed by atoms with Gasteiger partial charge < -0.3 is 34.3 Å². The van der Waals surface area contributed by atoms with Gasteiger partial charge in [0.2, 0.25) is 5.91 Å². The molecule has 0 unspecified atom stereocenters. The molecule has 0 saturated carbocycles. The molecule has 3 saturated heterocycles. The summed E-state index contributed by atoms with van der Waals surface area (Å²) < 4.78 is 57.3. The zero-order valence-corrected chi connectivity index (χ0v) is 23.4. The Balaban J connectivity index is 1.21. The molecule has 2 amide bonds. The number of rotatable bonds is 7. The molecule has 0 radical (unpaired) electrons. The third-order valence-electron chi connectivity index (χ3n) is 6.50. The lowest BCUT2D eigenvalue weighted by Gasteiger charge is -2.36. The summed E-state index contributed by atoms with van der Waals surface area (Å²) in [5.41, 5.74) is 0.340. The maximum absolute atomic E-state index is 13.2. The van der Waals surface area contributed by atoms with E-state index >= 15 is 0 Å². The van der Waals surface area contributed by atoms with E-state index in [0.717, 1.165) is 0 Å². The summed E-state index contributed by atoms with van der Waals surface area (Å²) in [5, 5.41) is 5.32. The van der Waals surface area contributed by atoms with Crippen LogP contribution in [0.1, 0.15) is 34.6 Å². The number of ether oxygens (including phenoxy) is 5. The predicted octanol–water partition coefficient (Wildman–Crippen LogP) is 1.72. The van der Waals surface area contributed by atoms with E-state index in [1.54, 1.807) is 39.8 Å². The van der Waals surface area contributed by atoms with Crippen molar-refractivity contribution in [2.75, 3.05) is 10.0 Å². The van der Waals surface area contributed by atoms with Crippen LogP contribution in [0.4, 0.5) is 11.5 Å². The van der Waals surface area contributed by atoms with Gasteiger partial charge in [0.25, 0.3) is 15.9 Å². The molecule has 3 aliphatic heterocycles. The Morgan fingerprint density at radius 3 is 2.23 bits per heavy atom. The summed E-state index contributed by atoms with van der Waals surface area (Å²) in [4.78, 5) is 30.0. The Hall–Kier alpha value is -3.14. The minimum absolute atomic E-state index is 0.0113. The van der Waals surface area contributed by atoms with E-state index in [2.05, 4.69) is 20.3 Å². The first-order chi connectivity index (χ1) is 18.7. The van der Waals surface area contributed by atoms with Crippen molar-refractivity contribution in [3.63, 3.8) is 0 Å². The summed E-state index contributed by atoms with van der Waals surface area (Å²) in [6.07, 6.45) is -2.47. The summed E-state index contributed by atoms with van der Waals surface area (Å²) in [6, 6.07) is 9.48. The molecule has 1 aromatic carbocycles. The average Bonchev–Trinajstić information content (AvgIpc) is 3.37. The van der Waals surface area contributed by atoms with Gasteiger partial charge in [-0.3, -0.25) is 14.3 Å². The number of fused-ring (bicyclic) bond motifs is 3. The Bertz CT molecular complexity index is 1370. The molecule has 5 rings (SSSR count). The molecule has 3 N–H and O–H groups in total. The van der Waals surface area contributed by atoms with Crippen molar-refractivity contribution in [2.45, 2.75) is 87.8 Å². The fourth-order valence-corrected chi connectivity index (χ4v) is 5.78. The van der Waals surface area contributed by atoms with Crippen LogP contribution >= 0.6 is 0 Å². The molecule has 1 aromatic heterocycles. The van der Waals surface area contributed by atoms with E-state index in [0.29, 0.717) is 5.69 Å². The molecule has 6 atom stereocenters. The molecule has 4 heterocycles. The highest BCUT2D eigenvalue weighted by Crippen LogP contribution is 2.44. The fourth-order valence-electron chi connectivity index (χ4n) is 4.77. The third kappa shape index (κ3) is 5.96. The largest absolute Gasteiger partial charge is 0.342 e. The molecular formula is C26H32N4O9S. The van der Waals surface area contributed by atoms with Crippen LogP contribution in [0.5, 0.6) is 0 Å². The second-order valence-electron chi connectivity index (χ2n) is 10.7. The lowest BCUT2D eigenvalue weighted by molar-refractivity contribution is -0.231. The number of hydrogen-bond donors (Lipinski definition) is 3. The van der Waals surface area contributed by atoms with E-state index in [9.17, 15) is 18.0 Å². The highest BCUT2D eigenvalue weighted by molar-refractivity contribution is 7.92. The smallest absolute Gasteiger partial charge is 0.263 e. The van der Waals surface area contributed by atoms with Crippen molar-refractivity contribution in [2.24, 2.45) is 0 Å². The molecule has 3 aliphatic rings. The highest BCUT2D eigenvalue weighted by atomic mass is 32.2. The number of benzene rings is 1. The lowest BCUT2D eigenvalue weighted by atomic mass is 9.98. The summed E-state index contributed by atoms with van der Waals surface area (Å²) in [7, 11) is -3.87. The third-order valence-corrected chi connectivity index (χ3v) is 7.87. The second-order valence-corrected chi connectivity index (χ2v) is 12.3. The Kier molecular flexibility index (Phi) is 7.35. The maximum atomic E-state index is 13.2. The number of hydrogen-bond acceptors (Lipinski definition) is 10. The van der Waals surface area contributed by atoms with Crippen molar-refractivity contribution in [1.82, 2.24) is 10.3 Å². The normalized spacial score (nSPS) is 29.1. The number of pyridine rings is 1. The first kappa shape index (κ1) is 28.4. The van der Waals surface area contributed by atoms with Gasteiger partial charge in [0.05, 0.1) is 4.90 Å². The fraction of sp³-hybridized carbons (Fsp3) is 0.500. The van der Waals surface area contributed by atoms with Crippen molar-refractivity contribution in [3.05, 3.63) is 48.7 Å². The van der Waals surface area contributed by atoms with Crippen LogP contribution < -0.4 is 15.4 Å². The Labute approximate surface area is 231 Å². The molecule has 40 heavy (non-hydrogen) atoms. The van der Waals surface area contributed by atoms with Crippen LogP contribution in [0.3, 0.4) is 0 Å². The van der Waals surface area contributed by atoms with E-state index in [1.165, 1.54) is 43.5 Å². The van der Waals surface area contributed by atoms with Gasteiger partial charge in [-0.15, -0.1) is 0 Å². The molecule has 0 bridgehead atoms. The zero-order valence-electron chi connectivity index (χ0n) is 22.6. The highest BCUT2D eigenvalue weighted by Gasteiger charge is 2.62. The minimum atomic E-state index is -3.87. The van der Waals surface area contributed by atoms with E-state index in [1.807, 2.05) is 0 Å². The van der Waals surface area contributed by atoms with Gasteiger partial charge in [0.15, 0.2) is 24.0 Å². The predicted molar refractivity (Wildman–Crippen MR) is 140 cm³/mol. The minimum Gasteiger partial charge on any atom is -0.342 e. The first-order valence-electron chi connectivity index (χ1n) is 12.7. The van der Waals surface area contributed by atoms with Gasteiger partial charge in [-0.05, 0) is 71.0 Å². The van der Waals surface area contributed by atoms with Crippen LogP contribution in [0, 0.1) is 0 Å². The van der Waals surface area contributed by atoms with Crippen LogP contribution in [-0.4, -0.2) is 73.5 Å². The Morgan fingerprint density at radius 2 is 1.55 bits per heavy atom. The van der Waals surface area contributed by atoms with Crippen molar-refractivity contribution in [3.8, 4) is 0 Å². The number of sulfonamides is 1. The van der Waals surface area contributed by atoms with Gasteiger partial charge in [-0.1, -0.05) is 6.07 Å². The number of aromatic nitrogens is 1. The number of nitrogens with one attached hydrogen (secondary N) is 3. The molecular weight excluding hydrogens is 544 g/mol.